The van der Waals surface area contributed by atoms with E-state index in [1.165, 1.54) is 13.2 Å². The van der Waals surface area contributed by atoms with Gasteiger partial charge in [-0.2, -0.15) is 0 Å². The van der Waals surface area contributed by atoms with Gasteiger partial charge < -0.3 is 0 Å². The Bertz CT molecular complexity index is 21.6. The number of hydrogen-bond acceptors (Lipinski definition) is 2. The van der Waals surface area contributed by atoms with Crippen LogP contribution in [0.2, 0.25) is 0 Å². The molecule has 0 unspecified atom stereocenters. The molecule has 5 heavy (non-hydrogen) atoms. The van der Waals surface area contributed by atoms with E-state index in [1.54, 1.807) is 0 Å². The molecule has 0 aromatic heterocycles. The third-order valence-corrected chi connectivity index (χ3v) is 0. The summed E-state index contributed by atoms with van der Waals surface area (Å²) in [5.41, 5.74) is 0. The molecule has 3 heteroatoms. The molecule has 0 saturated heterocycles. The molecule has 0 N–H and O–H groups in total. The fourth-order valence-electron chi connectivity index (χ4n) is 0. The Labute approximate surface area is 41.8 Å². The average Bonchev–Trinajstić information content (AvgIpc) is 1.46. The normalized spacial score (nSPS) is 3.40. The summed E-state index contributed by atoms with van der Waals surface area (Å²) in [5.74, 6) is 0. The summed E-state index contributed by atoms with van der Waals surface area (Å²) in [6.07, 6.45) is 1.50. The van der Waals surface area contributed by atoms with Crippen molar-refractivity contribution in [1.29, 1.82) is 0 Å². The molecule has 1 radical (unpaired) electrons. The minimum atomic E-state index is 0.700. The van der Waals surface area contributed by atoms with Crippen molar-refractivity contribution < 1.29 is 28.0 Å². The zero-order chi connectivity index (χ0) is 4.71. The van der Waals surface area contributed by atoms with Gasteiger partial charge in [0, 0.05) is 6.92 Å². The Morgan fingerprint density at radius 2 is 1.60 bits per heavy atom. The van der Waals surface area contributed by atoms with Crippen LogP contribution in [0.1, 0.15) is 6.92 Å². The van der Waals surface area contributed by atoms with Crippen molar-refractivity contribution in [3.05, 3.63) is 0 Å². The second-order valence-corrected chi connectivity index (χ2v) is 0.204. The van der Waals surface area contributed by atoms with Crippen LogP contribution >= 0.6 is 0 Å². The molecule has 2 nitrogen and oxygen atoms in total. The third-order valence-electron chi connectivity index (χ3n) is 0. The summed E-state index contributed by atoms with van der Waals surface area (Å²) < 4.78 is 8.26. The molecule has 0 aromatic rings. The molecular formula is C2H3MoO2. The van der Waals surface area contributed by atoms with Gasteiger partial charge in [0.15, 0.2) is 6.29 Å². The van der Waals surface area contributed by atoms with Crippen molar-refractivity contribution in [2.24, 2.45) is 0 Å². The van der Waals surface area contributed by atoms with Gasteiger partial charge in [0.25, 0.3) is 0 Å². The average molecular weight is 155 g/mol. The van der Waals surface area contributed by atoms with Crippen molar-refractivity contribution in [3.63, 3.8) is 0 Å². The standard InChI is InChI=1S/C2H3O.Mo.O/c1-2-3;;/h1H3;;. The molecular weight excluding hydrogens is 152 g/mol. The van der Waals surface area contributed by atoms with Crippen LogP contribution in [-0.2, 0) is 28.0 Å². The fourth-order valence-corrected chi connectivity index (χ4v) is 0. The molecule has 0 aromatic carbocycles. The quantitative estimate of drug-likeness (QED) is 0.461. The Balaban J connectivity index is 0. The van der Waals surface area contributed by atoms with Crippen LogP contribution in [-0.4, -0.2) is 6.29 Å². The summed E-state index contributed by atoms with van der Waals surface area (Å²) in [5, 5.41) is 0. The first-order chi connectivity index (χ1) is 2.41. The molecule has 29 valence electrons. The van der Waals surface area contributed by atoms with E-state index in [0.29, 0.717) is 19.8 Å². The molecule has 0 aliphatic rings. The van der Waals surface area contributed by atoms with Gasteiger partial charge in [-0.1, -0.05) is 0 Å². The van der Waals surface area contributed by atoms with E-state index in [2.05, 4.69) is 0 Å². The predicted octanol–water partition coefficient (Wildman–Crippen LogP) is -0.00530. The van der Waals surface area contributed by atoms with Crippen molar-refractivity contribution in [3.8, 4) is 0 Å². The third kappa shape index (κ3) is 773. The predicted molar refractivity (Wildman–Crippen MR) is 12.1 cm³/mol. The van der Waals surface area contributed by atoms with Crippen LogP contribution in [0.5, 0.6) is 0 Å². The Hall–Kier alpha value is 0.158. The zero-order valence-electron chi connectivity index (χ0n) is 2.72. The molecule has 0 fully saturated rings. The van der Waals surface area contributed by atoms with E-state index in [1.807, 2.05) is 0 Å². The maximum absolute atomic E-state index is 8.68. The van der Waals surface area contributed by atoms with Crippen molar-refractivity contribution in [2.45, 2.75) is 6.92 Å². The van der Waals surface area contributed by atoms with Crippen LogP contribution in [0.3, 0.4) is 0 Å². The monoisotopic (exact) mass is 157 g/mol. The van der Waals surface area contributed by atoms with Gasteiger partial charge in [0.1, 0.15) is 0 Å². The van der Waals surface area contributed by atoms with E-state index in [-0.39, 0.29) is 0 Å². The van der Waals surface area contributed by atoms with Gasteiger partial charge in [-0.15, -0.1) is 0 Å². The summed E-state index contributed by atoms with van der Waals surface area (Å²) in [4.78, 5) is 8.68. The molecule has 0 aliphatic heterocycles. The molecule has 0 amide bonds. The van der Waals surface area contributed by atoms with Gasteiger partial charge in [-0.25, -0.2) is 0 Å². The SMILES string of the molecule is C[C]=O.[O]=[Mo]. The van der Waals surface area contributed by atoms with E-state index in [0.717, 1.165) is 0 Å². The number of hydrogen-bond donors (Lipinski definition) is 0. The van der Waals surface area contributed by atoms with E-state index >= 15 is 0 Å². The molecule has 0 bridgehead atoms. The van der Waals surface area contributed by atoms with Crippen molar-refractivity contribution in [2.75, 3.05) is 0 Å². The molecule has 0 atom stereocenters. The van der Waals surface area contributed by atoms with Crippen LogP contribution in [0.15, 0.2) is 0 Å². The summed E-state index contributed by atoms with van der Waals surface area (Å²) in [7, 11) is 0. The number of rotatable bonds is 0. The first-order valence-corrected chi connectivity index (χ1v) is 1.69. The van der Waals surface area contributed by atoms with Gasteiger partial charge in [0.2, 0.25) is 0 Å². The van der Waals surface area contributed by atoms with Crippen LogP contribution in [0.25, 0.3) is 0 Å². The van der Waals surface area contributed by atoms with E-state index < -0.39 is 0 Å². The Morgan fingerprint density at radius 3 is 1.60 bits per heavy atom. The number of carbonyl (C=O) groups excluding carboxylic acids is 1. The summed E-state index contributed by atoms with van der Waals surface area (Å²) in [6, 6.07) is 0. The van der Waals surface area contributed by atoms with E-state index in [9.17, 15) is 0 Å². The maximum atomic E-state index is 8.68. The van der Waals surface area contributed by atoms with Crippen molar-refractivity contribution in [1.82, 2.24) is 0 Å². The molecule has 0 saturated carbocycles. The molecule has 0 aliphatic carbocycles. The first-order valence-electron chi connectivity index (χ1n) is 0.871. The summed E-state index contributed by atoms with van der Waals surface area (Å²) in [6.45, 7) is 1.32. The second kappa shape index (κ2) is 30.9. The first kappa shape index (κ1) is 8.94. The van der Waals surface area contributed by atoms with Crippen LogP contribution in [0, 0.1) is 0 Å². The van der Waals surface area contributed by atoms with Gasteiger partial charge in [0.05, 0.1) is 0 Å². The second-order valence-electron chi connectivity index (χ2n) is 0.204. The topological polar surface area (TPSA) is 34.1 Å². The molecule has 0 spiro atoms. The Morgan fingerprint density at radius 1 is 1.60 bits per heavy atom. The minimum absolute atomic E-state index is 0.700. The molecule has 0 rings (SSSR count). The van der Waals surface area contributed by atoms with Gasteiger partial charge in [-0.05, 0) is 0 Å². The van der Waals surface area contributed by atoms with Crippen LogP contribution in [0.4, 0.5) is 0 Å². The Kier molecular flexibility index (Phi) is 55.3. The fraction of sp³-hybridized carbons (Fsp3) is 0.500. The van der Waals surface area contributed by atoms with Crippen molar-refractivity contribution >= 4 is 6.29 Å². The summed E-state index contributed by atoms with van der Waals surface area (Å²) >= 11 is 0.700. The van der Waals surface area contributed by atoms with Crippen LogP contribution < -0.4 is 0 Å². The molecule has 0 heterocycles. The van der Waals surface area contributed by atoms with Gasteiger partial charge in [-0.3, -0.25) is 4.79 Å². The van der Waals surface area contributed by atoms with Gasteiger partial charge >= 0.3 is 23.2 Å². The zero-order valence-corrected chi connectivity index (χ0v) is 4.73. The van der Waals surface area contributed by atoms with E-state index in [4.69, 9.17) is 8.19 Å².